The van der Waals surface area contributed by atoms with Crippen LogP contribution in [-0.4, -0.2) is 37.5 Å². The molecule has 0 bridgehead atoms. The fraction of sp³-hybridized carbons (Fsp3) is 0.333. The van der Waals surface area contributed by atoms with Gasteiger partial charge in [-0.15, -0.1) is 0 Å². The van der Waals surface area contributed by atoms with Gasteiger partial charge in [0, 0.05) is 31.1 Å². The van der Waals surface area contributed by atoms with Crippen LogP contribution in [0.5, 0.6) is 5.75 Å². The van der Waals surface area contributed by atoms with E-state index in [4.69, 9.17) is 10.5 Å². The normalized spacial score (nSPS) is 23.9. The molecule has 6 nitrogen and oxygen atoms in total. The highest BCUT2D eigenvalue weighted by molar-refractivity contribution is 6.11. The highest BCUT2D eigenvalue weighted by Gasteiger charge is 2.57. The summed E-state index contributed by atoms with van der Waals surface area (Å²) in [6.45, 7) is 1.42. The van der Waals surface area contributed by atoms with E-state index in [1.165, 1.54) is 24.3 Å². The van der Waals surface area contributed by atoms with Gasteiger partial charge in [-0.25, -0.2) is 0 Å². The second-order valence-corrected chi connectivity index (χ2v) is 5.50. The minimum Gasteiger partial charge on any atom is -0.488 e. The number of nitrogens with one attached hydrogen (secondary N) is 2. The summed E-state index contributed by atoms with van der Waals surface area (Å²) in [6, 6.07) is 5.52. The highest BCUT2D eigenvalue weighted by Crippen LogP contribution is 2.41. The van der Waals surface area contributed by atoms with Crippen molar-refractivity contribution in [1.82, 2.24) is 10.6 Å². The number of hydrogen-bond donors (Lipinski definition) is 3. The van der Waals surface area contributed by atoms with Gasteiger partial charge in [0.25, 0.3) is 11.6 Å². The van der Waals surface area contributed by atoms with Gasteiger partial charge in [-0.2, -0.15) is 13.2 Å². The molecule has 1 fully saturated rings. The summed E-state index contributed by atoms with van der Waals surface area (Å²) in [5, 5.41) is 5.20. The van der Waals surface area contributed by atoms with Gasteiger partial charge in [0.1, 0.15) is 11.9 Å². The molecule has 9 heteroatoms. The van der Waals surface area contributed by atoms with Gasteiger partial charge in [0.05, 0.1) is 5.57 Å². The molecule has 24 heavy (non-hydrogen) atoms. The number of ether oxygens (including phenoxy) is 1. The van der Waals surface area contributed by atoms with Crippen molar-refractivity contribution < 1.29 is 22.7 Å². The van der Waals surface area contributed by atoms with Gasteiger partial charge in [0.15, 0.2) is 0 Å². The van der Waals surface area contributed by atoms with Crippen LogP contribution in [0, 0.1) is 0 Å². The summed E-state index contributed by atoms with van der Waals surface area (Å²) in [4.78, 5) is 14.6. The number of amides is 1. The van der Waals surface area contributed by atoms with Crippen molar-refractivity contribution in [1.29, 1.82) is 0 Å². The number of nitrogens with two attached hydrogens (primary N) is 1. The number of hydrogen-bond acceptors (Lipinski definition) is 5. The molecule has 1 aromatic carbocycles. The maximum absolute atomic E-state index is 13.6. The third-order valence-corrected chi connectivity index (χ3v) is 3.85. The number of rotatable bonds is 4. The third kappa shape index (κ3) is 2.82. The lowest BCUT2D eigenvalue weighted by Gasteiger charge is -2.35. The average molecular weight is 340 g/mol. The zero-order chi connectivity index (χ0) is 17.4. The molecule has 1 aromatic rings. The lowest BCUT2D eigenvalue weighted by molar-refractivity contribution is -0.195. The molecule has 1 saturated heterocycles. The molecular formula is C15H15F3N4O2. The van der Waals surface area contributed by atoms with Gasteiger partial charge in [-0.3, -0.25) is 9.79 Å². The lowest BCUT2D eigenvalue weighted by atomic mass is 9.97. The summed E-state index contributed by atoms with van der Waals surface area (Å²) in [6.07, 6.45) is -2.94. The van der Waals surface area contributed by atoms with Gasteiger partial charge >= 0.3 is 6.18 Å². The first-order valence-corrected chi connectivity index (χ1v) is 7.19. The number of nitrogens with zero attached hydrogens (tertiary/aromatic N) is 1. The van der Waals surface area contributed by atoms with E-state index in [-0.39, 0.29) is 17.2 Å². The molecular weight excluding hydrogens is 325 g/mol. The minimum atomic E-state index is -4.72. The summed E-state index contributed by atoms with van der Waals surface area (Å²) < 4.78 is 46.5. The van der Waals surface area contributed by atoms with E-state index in [0.29, 0.717) is 18.8 Å². The first-order valence-electron chi connectivity index (χ1n) is 7.19. The molecule has 2 aliphatic rings. The molecule has 0 spiro atoms. The largest absolute Gasteiger partial charge is 0.488 e. The van der Waals surface area contributed by atoms with Crippen LogP contribution in [0.2, 0.25) is 0 Å². The monoisotopic (exact) mass is 340 g/mol. The van der Waals surface area contributed by atoms with Crippen LogP contribution in [0.3, 0.4) is 0 Å². The third-order valence-electron chi connectivity index (χ3n) is 3.85. The Balaban J connectivity index is 1.87. The Morgan fingerprint density at radius 3 is 2.38 bits per heavy atom. The van der Waals surface area contributed by atoms with Crippen LogP contribution in [-0.2, 0) is 10.5 Å². The van der Waals surface area contributed by atoms with E-state index in [1.807, 2.05) is 0 Å². The van der Waals surface area contributed by atoms with Crippen LogP contribution in [0.1, 0.15) is 5.56 Å². The predicted octanol–water partition coefficient (Wildman–Crippen LogP) is 0.795. The molecule has 128 valence electrons. The van der Waals surface area contributed by atoms with Gasteiger partial charge in [-0.05, 0) is 12.1 Å². The standard InChI is InChI=1S/C15H15F3N4O2/c16-15(17,18)14(21-5-9(6-22-14)13(19)23)10-1-3-11(4-2-10)24-12-7-20-8-12/h1-6,12,20-21H,7-8H2,(H2,19,23). The summed E-state index contributed by atoms with van der Waals surface area (Å²) in [5.74, 6) is -0.379. The predicted molar refractivity (Wildman–Crippen MR) is 80.4 cm³/mol. The maximum atomic E-state index is 13.6. The smallest absolute Gasteiger partial charge is 0.436 e. The molecule has 0 aliphatic carbocycles. The molecule has 0 saturated carbocycles. The lowest BCUT2D eigenvalue weighted by Crippen LogP contribution is -2.52. The van der Waals surface area contributed by atoms with Gasteiger partial charge in [0.2, 0.25) is 0 Å². The molecule has 0 radical (unpaired) electrons. The average Bonchev–Trinajstić information content (AvgIpc) is 2.50. The summed E-state index contributed by atoms with van der Waals surface area (Å²) in [7, 11) is 0. The Labute approximate surface area is 135 Å². The summed E-state index contributed by atoms with van der Waals surface area (Å²) in [5.41, 5.74) is 2.13. The number of alkyl halides is 3. The Morgan fingerprint density at radius 1 is 1.29 bits per heavy atom. The van der Waals surface area contributed by atoms with Crippen LogP contribution >= 0.6 is 0 Å². The highest BCUT2D eigenvalue weighted by atomic mass is 19.4. The van der Waals surface area contributed by atoms with E-state index < -0.39 is 17.7 Å². The Morgan fingerprint density at radius 2 is 1.96 bits per heavy atom. The molecule has 1 unspecified atom stereocenters. The van der Waals surface area contributed by atoms with Crippen molar-refractivity contribution in [3.8, 4) is 5.75 Å². The number of benzene rings is 1. The van der Waals surface area contributed by atoms with Crippen molar-refractivity contribution >= 4 is 12.1 Å². The first-order chi connectivity index (χ1) is 11.3. The molecule has 3 rings (SSSR count). The van der Waals surface area contributed by atoms with Crippen LogP contribution in [0.4, 0.5) is 13.2 Å². The second kappa shape index (κ2) is 5.82. The van der Waals surface area contributed by atoms with E-state index in [1.54, 1.807) is 0 Å². The van der Waals surface area contributed by atoms with Crippen molar-refractivity contribution in [2.45, 2.75) is 17.9 Å². The van der Waals surface area contributed by atoms with Crippen LogP contribution < -0.4 is 21.1 Å². The van der Waals surface area contributed by atoms with E-state index in [9.17, 15) is 18.0 Å². The number of carbonyl (C=O) groups excluding carboxylic acids is 1. The van der Waals surface area contributed by atoms with Crippen molar-refractivity contribution in [2.24, 2.45) is 10.7 Å². The zero-order valence-corrected chi connectivity index (χ0v) is 12.4. The van der Waals surface area contributed by atoms with Gasteiger partial charge in [-0.1, -0.05) is 12.1 Å². The first kappa shape index (κ1) is 16.3. The van der Waals surface area contributed by atoms with E-state index >= 15 is 0 Å². The minimum absolute atomic E-state index is 0.0271. The fourth-order valence-electron chi connectivity index (χ4n) is 2.35. The molecule has 0 aromatic heterocycles. The van der Waals surface area contributed by atoms with Crippen molar-refractivity contribution in [2.75, 3.05) is 13.1 Å². The SMILES string of the molecule is NC(=O)C1=CNC(c2ccc(OC3CNC3)cc2)(C(F)(F)F)N=C1. The molecule has 4 N–H and O–H groups in total. The molecule has 1 atom stereocenters. The van der Waals surface area contributed by atoms with E-state index in [0.717, 1.165) is 12.4 Å². The summed E-state index contributed by atoms with van der Waals surface area (Å²) >= 11 is 0. The quantitative estimate of drug-likeness (QED) is 0.756. The van der Waals surface area contributed by atoms with Crippen molar-refractivity contribution in [3.63, 3.8) is 0 Å². The second-order valence-electron chi connectivity index (χ2n) is 5.50. The van der Waals surface area contributed by atoms with Crippen LogP contribution in [0.25, 0.3) is 0 Å². The Hall–Kier alpha value is -2.55. The Kier molecular flexibility index (Phi) is 3.96. The van der Waals surface area contributed by atoms with Crippen molar-refractivity contribution in [3.05, 3.63) is 41.6 Å². The number of aliphatic imine (C=N–C) groups is 1. The topological polar surface area (TPSA) is 88.7 Å². The Bertz CT molecular complexity index is 696. The fourth-order valence-corrected chi connectivity index (χ4v) is 2.35. The number of carbonyl (C=O) groups is 1. The molecule has 1 amide bonds. The maximum Gasteiger partial charge on any atom is 0.436 e. The van der Waals surface area contributed by atoms with Gasteiger partial charge < -0.3 is 21.1 Å². The molecule has 2 aliphatic heterocycles. The zero-order valence-electron chi connectivity index (χ0n) is 12.4. The number of halogens is 3. The van der Waals surface area contributed by atoms with E-state index in [2.05, 4.69) is 15.6 Å². The van der Waals surface area contributed by atoms with Crippen LogP contribution in [0.15, 0.2) is 41.0 Å². The molecule has 2 heterocycles. The number of primary amides is 1.